The van der Waals surface area contributed by atoms with Crippen molar-refractivity contribution in [3.05, 3.63) is 53.6 Å². The highest BCUT2D eigenvalue weighted by Crippen LogP contribution is 2.27. The van der Waals surface area contributed by atoms with Gasteiger partial charge in [0, 0.05) is 0 Å². The number of hydrogen-bond donors (Lipinski definition) is 3. The fourth-order valence-electron chi connectivity index (χ4n) is 2.26. The van der Waals surface area contributed by atoms with E-state index in [2.05, 4.69) is 28.1 Å². The van der Waals surface area contributed by atoms with E-state index in [1.54, 1.807) is 42.5 Å². The van der Waals surface area contributed by atoms with E-state index in [1.165, 1.54) is 20.4 Å². The average Bonchev–Trinajstić information content (AvgIpc) is 2.72. The molecule has 0 unspecified atom stereocenters. The normalized spacial score (nSPS) is 10.3. The Bertz CT molecular complexity index is 933. The molecule has 0 spiro atoms. The number of ether oxygens (including phenoxy) is 3. The third-order valence-electron chi connectivity index (χ3n) is 3.54. The minimum absolute atomic E-state index is 0.0490. The summed E-state index contributed by atoms with van der Waals surface area (Å²) in [5, 5.41) is 6.53. The SMILES string of the molecule is COC(=O)c1ccccc1NC(=O)COc1ccc(C=NNC(N)=S)cc1OC. The number of hydrazone groups is 1. The van der Waals surface area contributed by atoms with Crippen LogP contribution in [0.15, 0.2) is 47.6 Å². The van der Waals surface area contributed by atoms with Crippen molar-refractivity contribution >= 4 is 41.1 Å². The lowest BCUT2D eigenvalue weighted by Crippen LogP contribution is -2.24. The minimum Gasteiger partial charge on any atom is -0.493 e. The van der Waals surface area contributed by atoms with Crippen LogP contribution in [0.4, 0.5) is 5.69 Å². The molecule has 2 aromatic rings. The van der Waals surface area contributed by atoms with Crippen molar-refractivity contribution in [3.63, 3.8) is 0 Å². The van der Waals surface area contributed by atoms with Gasteiger partial charge in [-0.2, -0.15) is 5.10 Å². The number of para-hydroxylation sites is 1. The molecule has 152 valence electrons. The number of esters is 1. The summed E-state index contributed by atoms with van der Waals surface area (Å²) in [6.07, 6.45) is 1.50. The number of amides is 1. The van der Waals surface area contributed by atoms with Gasteiger partial charge in [-0.1, -0.05) is 12.1 Å². The van der Waals surface area contributed by atoms with Crippen molar-refractivity contribution in [2.24, 2.45) is 10.8 Å². The summed E-state index contributed by atoms with van der Waals surface area (Å²) >= 11 is 4.66. The molecule has 0 fully saturated rings. The molecule has 29 heavy (non-hydrogen) atoms. The zero-order chi connectivity index (χ0) is 21.2. The summed E-state index contributed by atoms with van der Waals surface area (Å²) in [5.74, 6) is -0.226. The van der Waals surface area contributed by atoms with Crippen LogP contribution in [0.1, 0.15) is 15.9 Å². The third-order valence-corrected chi connectivity index (χ3v) is 3.63. The van der Waals surface area contributed by atoms with Crippen molar-refractivity contribution in [2.75, 3.05) is 26.1 Å². The molecule has 0 heterocycles. The summed E-state index contributed by atoms with van der Waals surface area (Å²) in [4.78, 5) is 24.0. The maximum absolute atomic E-state index is 12.2. The van der Waals surface area contributed by atoms with Crippen LogP contribution in [0.3, 0.4) is 0 Å². The summed E-state index contributed by atoms with van der Waals surface area (Å²) in [6, 6.07) is 11.5. The molecule has 0 aliphatic rings. The second-order valence-corrected chi connectivity index (χ2v) is 5.96. The molecular weight excluding hydrogens is 396 g/mol. The predicted octanol–water partition coefficient (Wildman–Crippen LogP) is 1.67. The van der Waals surface area contributed by atoms with E-state index in [4.69, 9.17) is 19.9 Å². The Morgan fingerprint density at radius 1 is 1.17 bits per heavy atom. The first-order chi connectivity index (χ1) is 13.9. The van der Waals surface area contributed by atoms with Gasteiger partial charge >= 0.3 is 5.97 Å². The van der Waals surface area contributed by atoms with Crippen LogP contribution in [0, 0.1) is 0 Å². The zero-order valence-electron chi connectivity index (χ0n) is 15.8. The lowest BCUT2D eigenvalue weighted by atomic mass is 10.2. The largest absolute Gasteiger partial charge is 0.493 e. The molecule has 0 aliphatic heterocycles. The van der Waals surface area contributed by atoms with Gasteiger partial charge in [0.1, 0.15) is 0 Å². The van der Waals surface area contributed by atoms with E-state index in [0.29, 0.717) is 22.7 Å². The quantitative estimate of drug-likeness (QED) is 0.257. The molecule has 0 atom stereocenters. The molecular formula is C19H20N4O5S. The highest BCUT2D eigenvalue weighted by molar-refractivity contribution is 7.80. The molecule has 9 nitrogen and oxygen atoms in total. The Kier molecular flexibility index (Phi) is 7.92. The first-order valence-corrected chi connectivity index (χ1v) is 8.72. The van der Waals surface area contributed by atoms with E-state index < -0.39 is 11.9 Å². The Morgan fingerprint density at radius 3 is 2.62 bits per heavy atom. The topological polar surface area (TPSA) is 124 Å². The van der Waals surface area contributed by atoms with Crippen molar-refractivity contribution in [1.29, 1.82) is 0 Å². The molecule has 0 aliphatic carbocycles. The molecule has 4 N–H and O–H groups in total. The standard InChI is InChI=1S/C19H20N4O5S/c1-26-16-9-12(10-21-23-19(20)29)7-8-15(16)28-11-17(24)22-14-6-4-3-5-13(14)18(25)27-2/h3-10H,11H2,1-2H3,(H,22,24)(H3,20,23,29). The van der Waals surface area contributed by atoms with Crippen molar-refractivity contribution in [3.8, 4) is 11.5 Å². The summed E-state index contributed by atoms with van der Waals surface area (Å²) < 4.78 is 15.5. The molecule has 2 rings (SSSR count). The van der Waals surface area contributed by atoms with Crippen LogP contribution in [-0.4, -0.2) is 44.0 Å². The first kappa shape index (κ1) is 21.6. The van der Waals surface area contributed by atoms with Crippen LogP contribution in [0.2, 0.25) is 0 Å². The minimum atomic E-state index is -0.550. The van der Waals surface area contributed by atoms with Crippen LogP contribution in [-0.2, 0) is 9.53 Å². The predicted molar refractivity (Wildman–Crippen MR) is 112 cm³/mol. The Balaban J connectivity index is 2.02. The summed E-state index contributed by atoms with van der Waals surface area (Å²) in [6.45, 7) is -0.289. The number of nitrogens with one attached hydrogen (secondary N) is 2. The van der Waals surface area contributed by atoms with Crippen molar-refractivity contribution in [2.45, 2.75) is 0 Å². The van der Waals surface area contributed by atoms with Gasteiger partial charge in [0.25, 0.3) is 5.91 Å². The van der Waals surface area contributed by atoms with Gasteiger partial charge in [0.05, 0.1) is 31.7 Å². The number of anilines is 1. The molecule has 0 aromatic heterocycles. The average molecular weight is 416 g/mol. The van der Waals surface area contributed by atoms with E-state index in [-0.39, 0.29) is 17.3 Å². The summed E-state index contributed by atoms with van der Waals surface area (Å²) in [7, 11) is 2.74. The maximum Gasteiger partial charge on any atom is 0.339 e. The number of carbonyl (C=O) groups excluding carboxylic acids is 2. The third kappa shape index (κ3) is 6.47. The maximum atomic E-state index is 12.2. The molecule has 0 saturated heterocycles. The van der Waals surface area contributed by atoms with E-state index in [1.807, 2.05) is 0 Å². The smallest absolute Gasteiger partial charge is 0.339 e. The highest BCUT2D eigenvalue weighted by atomic mass is 32.1. The van der Waals surface area contributed by atoms with Crippen LogP contribution in [0.25, 0.3) is 0 Å². The summed E-state index contributed by atoms with van der Waals surface area (Å²) in [5.41, 5.74) is 9.02. The lowest BCUT2D eigenvalue weighted by molar-refractivity contribution is -0.118. The number of benzene rings is 2. The first-order valence-electron chi connectivity index (χ1n) is 8.31. The number of carbonyl (C=O) groups is 2. The van der Waals surface area contributed by atoms with Crippen LogP contribution >= 0.6 is 12.2 Å². The van der Waals surface area contributed by atoms with Crippen LogP contribution in [0.5, 0.6) is 11.5 Å². The van der Waals surface area contributed by atoms with E-state index in [0.717, 1.165) is 0 Å². The Labute approximate surface area is 172 Å². The number of hydrogen-bond acceptors (Lipinski definition) is 7. The van der Waals surface area contributed by atoms with Crippen molar-refractivity contribution < 1.29 is 23.8 Å². The van der Waals surface area contributed by atoms with E-state index >= 15 is 0 Å². The number of methoxy groups -OCH3 is 2. The Hall–Kier alpha value is -3.66. The lowest BCUT2D eigenvalue weighted by Gasteiger charge is -2.12. The Morgan fingerprint density at radius 2 is 1.93 bits per heavy atom. The van der Waals surface area contributed by atoms with Gasteiger partial charge in [-0.05, 0) is 48.1 Å². The molecule has 0 saturated carbocycles. The molecule has 2 aromatic carbocycles. The van der Waals surface area contributed by atoms with E-state index in [9.17, 15) is 9.59 Å². The molecule has 0 bridgehead atoms. The number of nitrogens with zero attached hydrogens (tertiary/aromatic N) is 1. The number of rotatable bonds is 8. The second-order valence-electron chi connectivity index (χ2n) is 5.52. The van der Waals surface area contributed by atoms with Gasteiger partial charge in [-0.15, -0.1) is 0 Å². The number of thiocarbonyl (C=S) groups is 1. The van der Waals surface area contributed by atoms with Gasteiger partial charge in [0.15, 0.2) is 23.2 Å². The highest BCUT2D eigenvalue weighted by Gasteiger charge is 2.14. The van der Waals surface area contributed by atoms with Crippen molar-refractivity contribution in [1.82, 2.24) is 5.43 Å². The molecule has 10 heteroatoms. The van der Waals surface area contributed by atoms with Gasteiger partial charge < -0.3 is 25.3 Å². The zero-order valence-corrected chi connectivity index (χ0v) is 16.6. The fraction of sp³-hybridized carbons (Fsp3) is 0.158. The fourth-order valence-corrected chi connectivity index (χ4v) is 2.32. The van der Waals surface area contributed by atoms with Crippen LogP contribution < -0.4 is 25.9 Å². The number of nitrogens with two attached hydrogens (primary N) is 1. The molecule has 1 amide bonds. The van der Waals surface area contributed by atoms with Gasteiger partial charge in [0.2, 0.25) is 0 Å². The van der Waals surface area contributed by atoms with Gasteiger partial charge in [-0.3, -0.25) is 10.2 Å². The second kappa shape index (κ2) is 10.6. The van der Waals surface area contributed by atoms with Gasteiger partial charge in [-0.25, -0.2) is 4.79 Å². The monoisotopic (exact) mass is 416 g/mol. The molecule has 0 radical (unpaired) electrons.